The normalized spacial score (nSPS) is 36.9. The van der Waals surface area contributed by atoms with Crippen LogP contribution in [0.5, 0.6) is 0 Å². The Morgan fingerprint density at radius 1 is 1.21 bits per heavy atom. The van der Waals surface area contributed by atoms with Crippen molar-refractivity contribution in [3.63, 3.8) is 0 Å². The highest BCUT2D eigenvalue weighted by molar-refractivity contribution is 6.05. The lowest BCUT2D eigenvalue weighted by Crippen LogP contribution is -2.68. The van der Waals surface area contributed by atoms with Crippen molar-refractivity contribution in [2.45, 2.75) is 57.6 Å². The van der Waals surface area contributed by atoms with Gasteiger partial charge in [0, 0.05) is 18.1 Å². The van der Waals surface area contributed by atoms with Crippen molar-refractivity contribution in [2.24, 2.45) is 17.3 Å². The molecule has 3 fully saturated rings. The first kappa shape index (κ1) is 16.3. The van der Waals surface area contributed by atoms with Crippen LogP contribution in [-0.4, -0.2) is 54.1 Å². The van der Waals surface area contributed by atoms with Crippen LogP contribution in [-0.2, 0) is 14.3 Å². The molecule has 0 aromatic rings. The first-order valence-corrected chi connectivity index (χ1v) is 9.40. The average Bonchev–Trinajstić information content (AvgIpc) is 2.75. The van der Waals surface area contributed by atoms with Gasteiger partial charge in [0.05, 0.1) is 24.6 Å². The number of imide groups is 1. The summed E-state index contributed by atoms with van der Waals surface area (Å²) in [5.41, 5.74) is 0.269. The molecule has 4 atom stereocenters. The lowest BCUT2D eigenvalue weighted by Gasteiger charge is -2.63. The summed E-state index contributed by atoms with van der Waals surface area (Å²) in [6.45, 7) is 3.26. The fourth-order valence-corrected chi connectivity index (χ4v) is 5.35. The second-order valence-electron chi connectivity index (χ2n) is 7.94. The molecule has 4 aliphatic rings. The number of amides is 2. The van der Waals surface area contributed by atoms with Gasteiger partial charge in [-0.05, 0) is 46.1 Å². The first-order chi connectivity index (χ1) is 11.6. The van der Waals surface area contributed by atoms with E-state index in [0.29, 0.717) is 18.8 Å². The van der Waals surface area contributed by atoms with Gasteiger partial charge in [-0.15, -0.1) is 0 Å². The van der Waals surface area contributed by atoms with Gasteiger partial charge in [-0.3, -0.25) is 19.4 Å². The highest BCUT2D eigenvalue weighted by Crippen LogP contribution is 2.59. The Morgan fingerprint density at radius 3 is 2.33 bits per heavy atom. The van der Waals surface area contributed by atoms with E-state index in [1.165, 1.54) is 24.2 Å². The molecule has 5 nitrogen and oxygen atoms in total. The summed E-state index contributed by atoms with van der Waals surface area (Å²) in [7, 11) is 2.06. The summed E-state index contributed by atoms with van der Waals surface area (Å²) in [5, 5.41) is 0. The monoisotopic (exact) mass is 332 g/mol. The van der Waals surface area contributed by atoms with E-state index in [-0.39, 0.29) is 29.1 Å². The zero-order chi connectivity index (χ0) is 16.9. The summed E-state index contributed by atoms with van der Waals surface area (Å²) in [4.78, 5) is 29.0. The minimum Gasteiger partial charge on any atom is -0.378 e. The molecule has 0 radical (unpaired) electrons. The van der Waals surface area contributed by atoms with Crippen molar-refractivity contribution < 1.29 is 14.3 Å². The van der Waals surface area contributed by atoms with Gasteiger partial charge in [-0.25, -0.2) is 0 Å². The van der Waals surface area contributed by atoms with Crippen molar-refractivity contribution >= 4 is 11.8 Å². The van der Waals surface area contributed by atoms with Crippen LogP contribution in [0.3, 0.4) is 0 Å². The summed E-state index contributed by atoms with van der Waals surface area (Å²) >= 11 is 0. The number of carbonyl (C=O) groups is 2. The average molecular weight is 332 g/mol. The lowest BCUT2D eigenvalue weighted by atomic mass is 9.50. The molecule has 0 aromatic carbocycles. The van der Waals surface area contributed by atoms with Crippen LogP contribution in [0.2, 0.25) is 0 Å². The van der Waals surface area contributed by atoms with Gasteiger partial charge in [-0.1, -0.05) is 18.6 Å². The van der Waals surface area contributed by atoms with E-state index in [1.54, 1.807) is 0 Å². The molecule has 1 saturated heterocycles. The molecule has 0 aromatic heterocycles. The fourth-order valence-electron chi connectivity index (χ4n) is 5.35. The van der Waals surface area contributed by atoms with Crippen LogP contribution in [0, 0.1) is 17.3 Å². The molecule has 4 rings (SSSR count). The Labute approximate surface area is 144 Å². The van der Waals surface area contributed by atoms with E-state index in [4.69, 9.17) is 4.74 Å². The van der Waals surface area contributed by atoms with E-state index >= 15 is 0 Å². The molecule has 1 spiro atoms. The third kappa shape index (κ3) is 2.21. The second-order valence-corrected chi connectivity index (χ2v) is 7.94. The summed E-state index contributed by atoms with van der Waals surface area (Å²) in [6.07, 6.45) is 10.6. The third-order valence-electron chi connectivity index (χ3n) is 6.89. The maximum Gasteiger partial charge on any atom is 0.234 e. The topological polar surface area (TPSA) is 49.9 Å². The van der Waals surface area contributed by atoms with Crippen LogP contribution in [0.15, 0.2) is 12.2 Å². The minimum absolute atomic E-state index is 0.0320. The molecule has 5 heteroatoms. The molecule has 132 valence electrons. The van der Waals surface area contributed by atoms with Gasteiger partial charge in [0.1, 0.15) is 0 Å². The highest BCUT2D eigenvalue weighted by atomic mass is 16.5. The maximum atomic E-state index is 12.6. The SMILES string of the molecule is CCO[C@@H]1C[C@@H](N(C)CN2C(=O)[C@H]3CC=CC[C@H]3C2=O)C12CCC2. The zero-order valence-electron chi connectivity index (χ0n) is 14.7. The largest absolute Gasteiger partial charge is 0.378 e. The quantitative estimate of drug-likeness (QED) is 0.572. The Kier molecular flexibility index (Phi) is 4.04. The van der Waals surface area contributed by atoms with Crippen molar-refractivity contribution in [1.29, 1.82) is 0 Å². The smallest absolute Gasteiger partial charge is 0.234 e. The number of nitrogens with zero attached hydrogens (tertiary/aromatic N) is 2. The molecule has 2 saturated carbocycles. The summed E-state index contributed by atoms with van der Waals surface area (Å²) in [6, 6.07) is 0.434. The van der Waals surface area contributed by atoms with Crippen LogP contribution in [0.1, 0.15) is 45.4 Å². The molecule has 24 heavy (non-hydrogen) atoms. The van der Waals surface area contributed by atoms with Gasteiger partial charge in [0.25, 0.3) is 0 Å². The van der Waals surface area contributed by atoms with Crippen molar-refractivity contribution in [3.05, 3.63) is 12.2 Å². The summed E-state index contributed by atoms with van der Waals surface area (Å²) < 4.78 is 5.92. The molecule has 3 aliphatic carbocycles. The standard InChI is InChI=1S/C19H28N2O3/c1-3-24-16-11-15(19(16)9-6-10-19)20(2)12-21-17(22)13-7-4-5-8-14(13)18(21)23/h4-5,13-16H,3,6-12H2,1-2H3/t13-,14+,15-,16-/m1/s1. The predicted molar refractivity (Wildman–Crippen MR) is 89.9 cm³/mol. The number of carbonyl (C=O) groups excluding carboxylic acids is 2. The molecular formula is C19H28N2O3. The van der Waals surface area contributed by atoms with Crippen molar-refractivity contribution in [1.82, 2.24) is 9.80 Å². The molecule has 0 N–H and O–H groups in total. The van der Waals surface area contributed by atoms with E-state index in [2.05, 4.69) is 18.9 Å². The number of likely N-dealkylation sites (tertiary alicyclic amines) is 1. The van der Waals surface area contributed by atoms with Crippen LogP contribution < -0.4 is 0 Å². The Morgan fingerprint density at radius 2 is 1.83 bits per heavy atom. The van der Waals surface area contributed by atoms with Gasteiger partial charge < -0.3 is 4.74 Å². The second kappa shape index (κ2) is 5.95. The fraction of sp³-hybridized carbons (Fsp3) is 0.789. The van der Waals surface area contributed by atoms with Crippen LogP contribution in [0.4, 0.5) is 0 Å². The van der Waals surface area contributed by atoms with Crippen LogP contribution in [0.25, 0.3) is 0 Å². The zero-order valence-corrected chi connectivity index (χ0v) is 14.7. The van der Waals surface area contributed by atoms with Gasteiger partial charge >= 0.3 is 0 Å². The van der Waals surface area contributed by atoms with E-state index in [0.717, 1.165) is 25.9 Å². The van der Waals surface area contributed by atoms with E-state index < -0.39 is 0 Å². The van der Waals surface area contributed by atoms with Crippen molar-refractivity contribution in [2.75, 3.05) is 20.3 Å². The molecule has 1 heterocycles. The predicted octanol–water partition coefficient (Wildman–Crippen LogP) is 2.17. The number of allylic oxidation sites excluding steroid dienone is 2. The van der Waals surface area contributed by atoms with Gasteiger partial charge in [0.2, 0.25) is 11.8 Å². The van der Waals surface area contributed by atoms with Crippen LogP contribution >= 0.6 is 0 Å². The number of hydrogen-bond acceptors (Lipinski definition) is 4. The molecule has 0 bridgehead atoms. The van der Waals surface area contributed by atoms with Gasteiger partial charge in [-0.2, -0.15) is 0 Å². The highest BCUT2D eigenvalue weighted by Gasteiger charge is 2.60. The summed E-state index contributed by atoms with van der Waals surface area (Å²) in [5.74, 6) is -0.175. The van der Waals surface area contributed by atoms with E-state index in [1.807, 2.05) is 12.2 Å². The number of rotatable bonds is 5. The molecule has 1 aliphatic heterocycles. The van der Waals surface area contributed by atoms with Crippen molar-refractivity contribution in [3.8, 4) is 0 Å². The number of hydrogen-bond donors (Lipinski definition) is 0. The lowest BCUT2D eigenvalue weighted by molar-refractivity contribution is -0.204. The van der Waals surface area contributed by atoms with E-state index in [9.17, 15) is 9.59 Å². The molecular weight excluding hydrogens is 304 g/mol. The minimum atomic E-state index is -0.119. The number of fused-ring (bicyclic) bond motifs is 1. The molecule has 2 amide bonds. The van der Waals surface area contributed by atoms with Gasteiger partial charge in [0.15, 0.2) is 0 Å². The molecule has 0 unspecified atom stereocenters. The first-order valence-electron chi connectivity index (χ1n) is 9.40. The Bertz CT molecular complexity index is 543. The maximum absolute atomic E-state index is 12.6. The number of ether oxygens (including phenoxy) is 1. The Balaban J connectivity index is 1.43. The third-order valence-corrected chi connectivity index (χ3v) is 6.89. The Hall–Kier alpha value is -1.20.